The summed E-state index contributed by atoms with van der Waals surface area (Å²) in [5.41, 5.74) is 12.7. The first-order valence-electron chi connectivity index (χ1n) is 18.4. The Balaban J connectivity index is 0.00000464. The zero-order valence-electron chi connectivity index (χ0n) is 31.6. The summed E-state index contributed by atoms with van der Waals surface area (Å²) < 4.78 is 11.0. The first-order valence-corrected chi connectivity index (χ1v) is 18.4. The van der Waals surface area contributed by atoms with Crippen LogP contribution in [0.2, 0.25) is 0 Å². The number of aromatic nitrogens is 4. The maximum absolute atomic E-state index is 6.63. The smallest absolute Gasteiger partial charge is 0.509 e. The minimum atomic E-state index is 0. The van der Waals surface area contributed by atoms with E-state index in [1.54, 1.807) is 0 Å². The summed E-state index contributed by atoms with van der Waals surface area (Å²) >= 11 is 0. The zero-order chi connectivity index (χ0) is 35.8. The molecule has 0 bridgehead atoms. The van der Waals surface area contributed by atoms with Crippen LogP contribution in [0.3, 0.4) is 0 Å². The molecule has 0 N–H and O–H groups in total. The first-order chi connectivity index (χ1) is 24.6. The number of pyridine rings is 1. The van der Waals surface area contributed by atoms with Crippen LogP contribution < -0.4 is 4.74 Å². The summed E-state index contributed by atoms with van der Waals surface area (Å²) in [6, 6.07) is 34.8. The second-order valence-electron chi connectivity index (χ2n) is 15.0. The molecule has 0 radical (unpaired) electrons. The molecule has 0 unspecified atom stereocenters. The van der Waals surface area contributed by atoms with E-state index in [2.05, 4.69) is 137 Å². The Morgan fingerprint density at radius 1 is 0.692 bits per heavy atom. The molecule has 0 aliphatic rings. The van der Waals surface area contributed by atoms with Gasteiger partial charge >= 0.3 is 20.4 Å². The van der Waals surface area contributed by atoms with Crippen molar-refractivity contribution in [2.24, 2.45) is 11.8 Å². The number of fused-ring (bicyclic) bond motifs is 3. The quantitative estimate of drug-likeness (QED) is 0.0970. The fraction of sp³-hybridized carbons (Fsp3) is 0.304. The zero-order valence-corrected chi connectivity index (χ0v) is 33.1. The maximum Gasteiger partial charge on any atom is 2.00 e. The molecule has 4 aromatic carbocycles. The molecule has 5 nitrogen and oxygen atoms in total. The number of hydrogen-bond acceptors (Lipinski definition) is 3. The molecule has 0 aliphatic heterocycles. The normalized spacial score (nSPS) is 11.6. The van der Waals surface area contributed by atoms with Gasteiger partial charge in [-0.3, -0.25) is 4.68 Å². The fourth-order valence-corrected chi connectivity index (χ4v) is 7.22. The number of nitrogens with zero attached hydrogens (tertiary/aromatic N) is 4. The molecule has 3 heterocycles. The van der Waals surface area contributed by atoms with Gasteiger partial charge in [-0.2, -0.15) is 16.7 Å². The van der Waals surface area contributed by atoms with Crippen molar-refractivity contribution < 1.29 is 25.2 Å². The monoisotopic (exact) mass is 778 g/mol. The molecule has 0 spiro atoms. The van der Waals surface area contributed by atoms with Crippen molar-refractivity contribution in [3.63, 3.8) is 0 Å². The Morgan fingerprint density at radius 2 is 1.42 bits per heavy atom. The van der Waals surface area contributed by atoms with Crippen LogP contribution in [0.15, 0.2) is 85.1 Å². The third-order valence-corrected chi connectivity index (χ3v) is 9.81. The summed E-state index contributed by atoms with van der Waals surface area (Å²) in [6.45, 7) is 17.8. The number of ether oxygens (including phenoxy) is 1. The van der Waals surface area contributed by atoms with Gasteiger partial charge in [0.15, 0.2) is 0 Å². The van der Waals surface area contributed by atoms with E-state index < -0.39 is 0 Å². The van der Waals surface area contributed by atoms with Crippen LogP contribution in [0.25, 0.3) is 44.4 Å². The maximum atomic E-state index is 6.63. The van der Waals surface area contributed by atoms with Crippen LogP contribution in [0.5, 0.6) is 11.5 Å². The molecule has 52 heavy (non-hydrogen) atoms. The topological polar surface area (TPSA) is 44.9 Å². The Kier molecular flexibility index (Phi) is 11.2. The minimum absolute atomic E-state index is 0. The molecule has 7 aromatic rings. The van der Waals surface area contributed by atoms with E-state index in [1.807, 2.05) is 24.4 Å². The standard InChI is InChI=1S/C46H48N4O.Pd/c1-29(2)16-20-40-46(45-33(7)12-11-13-34(45)8)42(21-17-30(3)4)50(48-40)35-24-32(6)25-37(27-35)51-36-18-19-39-38-14-9-10-15-41(38)49(43(39)28-36)44-26-31(5)22-23-47-44;/h9-15,18-19,22-26,29-30H,16-17,20-21H2,1-8H3;/q-2;+2. The van der Waals surface area contributed by atoms with E-state index in [-0.39, 0.29) is 20.4 Å². The molecule has 0 atom stereocenters. The van der Waals surface area contributed by atoms with Crippen molar-refractivity contribution in [2.45, 2.75) is 81.1 Å². The summed E-state index contributed by atoms with van der Waals surface area (Å²) in [5.74, 6) is 3.27. The van der Waals surface area contributed by atoms with Crippen molar-refractivity contribution >= 4 is 21.8 Å². The Labute approximate surface area is 322 Å². The van der Waals surface area contributed by atoms with Gasteiger partial charge in [0, 0.05) is 34.5 Å². The molecule has 0 fully saturated rings. The summed E-state index contributed by atoms with van der Waals surface area (Å²) in [7, 11) is 0. The summed E-state index contributed by atoms with van der Waals surface area (Å²) in [6.07, 6.45) is 5.87. The molecule has 0 saturated heterocycles. The molecule has 3 aromatic heterocycles. The number of rotatable bonds is 11. The van der Waals surface area contributed by atoms with Crippen LogP contribution in [-0.2, 0) is 33.3 Å². The molecule has 0 aliphatic carbocycles. The fourth-order valence-electron chi connectivity index (χ4n) is 7.22. The third kappa shape index (κ3) is 7.52. The molecule has 268 valence electrons. The first kappa shape index (κ1) is 37.3. The Morgan fingerprint density at radius 3 is 2.15 bits per heavy atom. The SMILES string of the molecule is Cc1cc(Oc2[c-]c3c(cc2)c2ccccc2n3-c2cc(C)ccn2)[c-]c(-n2nc(CCC(C)C)c(-c3c(C)cccc3C)c2CCC(C)C)c1.[Pd+2]. The number of hydrogen-bond donors (Lipinski definition) is 0. The van der Waals surface area contributed by atoms with Gasteiger partial charge in [0.25, 0.3) is 0 Å². The minimum Gasteiger partial charge on any atom is -0.509 e. The second kappa shape index (κ2) is 15.6. The van der Waals surface area contributed by atoms with Crippen LogP contribution in [0, 0.1) is 51.7 Å². The average molecular weight is 779 g/mol. The van der Waals surface area contributed by atoms with Crippen molar-refractivity contribution in [3.8, 4) is 34.1 Å². The van der Waals surface area contributed by atoms with Gasteiger partial charge in [0.1, 0.15) is 5.82 Å². The third-order valence-electron chi connectivity index (χ3n) is 9.81. The van der Waals surface area contributed by atoms with E-state index in [4.69, 9.17) is 14.8 Å². The number of para-hydroxylation sites is 1. The predicted molar refractivity (Wildman–Crippen MR) is 211 cm³/mol. The van der Waals surface area contributed by atoms with E-state index in [9.17, 15) is 0 Å². The summed E-state index contributed by atoms with van der Waals surface area (Å²) in [4.78, 5) is 4.74. The van der Waals surface area contributed by atoms with Crippen molar-refractivity contribution in [2.75, 3.05) is 0 Å². The average Bonchev–Trinajstić information content (AvgIpc) is 3.61. The van der Waals surface area contributed by atoms with Crippen LogP contribution in [0.4, 0.5) is 0 Å². The van der Waals surface area contributed by atoms with Crippen molar-refractivity contribution in [1.82, 2.24) is 19.3 Å². The summed E-state index contributed by atoms with van der Waals surface area (Å²) in [5, 5.41) is 7.67. The van der Waals surface area contributed by atoms with Gasteiger partial charge in [0.2, 0.25) is 0 Å². The Bertz CT molecular complexity index is 2340. The van der Waals surface area contributed by atoms with E-state index in [0.717, 1.165) is 75.8 Å². The van der Waals surface area contributed by atoms with Crippen molar-refractivity contribution in [1.29, 1.82) is 0 Å². The number of aryl methyl sites for hydroxylation is 5. The molecule has 0 saturated carbocycles. The van der Waals surface area contributed by atoms with Crippen LogP contribution >= 0.6 is 0 Å². The Hall–Kier alpha value is -4.50. The van der Waals surface area contributed by atoms with E-state index in [1.165, 1.54) is 27.9 Å². The van der Waals surface area contributed by atoms with Crippen LogP contribution in [0.1, 0.15) is 74.2 Å². The number of benzene rings is 4. The van der Waals surface area contributed by atoms with Gasteiger partial charge in [-0.1, -0.05) is 76.5 Å². The largest absolute Gasteiger partial charge is 2.00 e. The molecular weight excluding hydrogens is 731 g/mol. The predicted octanol–water partition coefficient (Wildman–Crippen LogP) is 11.8. The van der Waals surface area contributed by atoms with Gasteiger partial charge in [-0.25, -0.2) is 4.98 Å². The molecule has 0 amide bonds. The molecule has 7 rings (SSSR count). The van der Waals surface area contributed by atoms with E-state index in [0.29, 0.717) is 23.3 Å². The second-order valence-corrected chi connectivity index (χ2v) is 15.0. The van der Waals surface area contributed by atoms with Gasteiger partial charge in [-0.05, 0) is 110 Å². The molecular formula is C46H48N4OPd. The van der Waals surface area contributed by atoms with Gasteiger partial charge < -0.3 is 9.30 Å². The molecule has 6 heteroatoms. The van der Waals surface area contributed by atoms with Gasteiger partial charge in [0.05, 0.1) is 5.69 Å². The van der Waals surface area contributed by atoms with E-state index >= 15 is 0 Å². The van der Waals surface area contributed by atoms with Crippen molar-refractivity contribution in [3.05, 3.63) is 131 Å². The van der Waals surface area contributed by atoms with Gasteiger partial charge in [-0.15, -0.1) is 35.7 Å². The van der Waals surface area contributed by atoms with Crippen LogP contribution in [-0.4, -0.2) is 19.3 Å².